The van der Waals surface area contributed by atoms with Crippen LogP contribution in [0.3, 0.4) is 0 Å². The van der Waals surface area contributed by atoms with Gasteiger partial charge in [-0.3, -0.25) is 4.79 Å². The molecule has 3 heterocycles. The molecule has 9 heteroatoms. The van der Waals surface area contributed by atoms with Crippen molar-refractivity contribution >= 4 is 27.0 Å². The Labute approximate surface area is 187 Å². The van der Waals surface area contributed by atoms with Crippen molar-refractivity contribution in [2.75, 3.05) is 26.2 Å². The Hall–Kier alpha value is -2.78. The third kappa shape index (κ3) is 3.80. The van der Waals surface area contributed by atoms with E-state index in [1.54, 1.807) is 12.1 Å². The molecular formula is C23H26N4O4S. The van der Waals surface area contributed by atoms with Crippen LogP contribution >= 0.6 is 0 Å². The minimum atomic E-state index is -3.73. The van der Waals surface area contributed by atoms with E-state index in [1.807, 2.05) is 4.90 Å². The lowest BCUT2D eigenvalue weighted by atomic mass is 9.96. The van der Waals surface area contributed by atoms with Crippen LogP contribution in [0.5, 0.6) is 0 Å². The summed E-state index contributed by atoms with van der Waals surface area (Å²) in [5.41, 5.74) is 3.17. The Bertz CT molecular complexity index is 1230. The van der Waals surface area contributed by atoms with Gasteiger partial charge in [0.2, 0.25) is 15.9 Å². The number of benzene rings is 2. The molecule has 0 bridgehead atoms. The highest BCUT2D eigenvalue weighted by Crippen LogP contribution is 2.32. The number of piperidine rings is 1. The average molecular weight is 455 g/mol. The Morgan fingerprint density at radius 2 is 1.75 bits per heavy atom. The van der Waals surface area contributed by atoms with E-state index in [4.69, 9.17) is 4.63 Å². The maximum atomic E-state index is 13.2. The molecule has 2 aliphatic heterocycles. The van der Waals surface area contributed by atoms with Gasteiger partial charge in [-0.1, -0.05) is 35.9 Å². The number of likely N-dealkylation sites (tertiary alicyclic amines) is 1. The molecule has 168 valence electrons. The highest BCUT2D eigenvalue weighted by molar-refractivity contribution is 7.89. The zero-order valence-corrected chi connectivity index (χ0v) is 18.8. The average Bonchev–Trinajstić information content (AvgIpc) is 3.49. The Morgan fingerprint density at radius 1 is 1.00 bits per heavy atom. The first-order valence-electron chi connectivity index (χ1n) is 11.0. The third-order valence-electron chi connectivity index (χ3n) is 6.72. The number of carbonyl (C=O) groups is 1. The first-order chi connectivity index (χ1) is 15.4. The normalized spacial score (nSPS) is 20.8. The second kappa shape index (κ2) is 8.29. The summed E-state index contributed by atoms with van der Waals surface area (Å²) >= 11 is 0. The van der Waals surface area contributed by atoms with Crippen molar-refractivity contribution < 1.29 is 17.8 Å². The minimum absolute atomic E-state index is 0.0986. The van der Waals surface area contributed by atoms with E-state index in [-0.39, 0.29) is 22.2 Å². The zero-order valence-electron chi connectivity index (χ0n) is 18.0. The molecule has 3 aromatic rings. The Kier molecular flexibility index (Phi) is 5.46. The van der Waals surface area contributed by atoms with Crippen LogP contribution in [0.25, 0.3) is 11.0 Å². The van der Waals surface area contributed by atoms with Crippen molar-refractivity contribution in [1.29, 1.82) is 0 Å². The highest BCUT2D eigenvalue weighted by atomic mass is 32.2. The van der Waals surface area contributed by atoms with Crippen LogP contribution in [0.4, 0.5) is 0 Å². The van der Waals surface area contributed by atoms with Gasteiger partial charge in [0.1, 0.15) is 10.4 Å². The van der Waals surface area contributed by atoms with Crippen molar-refractivity contribution in [3.8, 4) is 0 Å². The van der Waals surface area contributed by atoms with Gasteiger partial charge in [0.15, 0.2) is 5.52 Å². The van der Waals surface area contributed by atoms with Gasteiger partial charge < -0.3 is 4.90 Å². The maximum absolute atomic E-state index is 13.2. The van der Waals surface area contributed by atoms with E-state index in [0.717, 1.165) is 19.5 Å². The predicted molar refractivity (Wildman–Crippen MR) is 118 cm³/mol. The van der Waals surface area contributed by atoms with E-state index in [0.29, 0.717) is 37.4 Å². The van der Waals surface area contributed by atoms with Crippen LogP contribution in [0, 0.1) is 12.8 Å². The van der Waals surface area contributed by atoms with Crippen LogP contribution in [0.2, 0.25) is 0 Å². The number of hydrogen-bond acceptors (Lipinski definition) is 6. The zero-order chi connectivity index (χ0) is 22.3. The van der Waals surface area contributed by atoms with E-state index < -0.39 is 10.0 Å². The maximum Gasteiger partial charge on any atom is 0.245 e. The van der Waals surface area contributed by atoms with Gasteiger partial charge in [0.05, 0.1) is 0 Å². The molecule has 32 heavy (non-hydrogen) atoms. The summed E-state index contributed by atoms with van der Waals surface area (Å²) in [7, 11) is -3.73. The van der Waals surface area contributed by atoms with Crippen molar-refractivity contribution in [3.63, 3.8) is 0 Å². The fraction of sp³-hybridized carbons (Fsp3) is 0.435. The van der Waals surface area contributed by atoms with Crippen LogP contribution < -0.4 is 0 Å². The molecule has 0 aliphatic carbocycles. The van der Waals surface area contributed by atoms with E-state index in [1.165, 1.54) is 21.5 Å². The van der Waals surface area contributed by atoms with Crippen molar-refractivity contribution in [1.82, 2.24) is 19.5 Å². The lowest BCUT2D eigenvalue weighted by Crippen LogP contribution is -2.43. The van der Waals surface area contributed by atoms with Gasteiger partial charge in [-0.15, -0.1) is 0 Å². The van der Waals surface area contributed by atoms with Crippen molar-refractivity contribution in [2.45, 2.75) is 37.0 Å². The predicted octanol–water partition coefficient (Wildman–Crippen LogP) is 2.95. The van der Waals surface area contributed by atoms with E-state index in [2.05, 4.69) is 41.5 Å². The molecule has 1 amide bonds. The van der Waals surface area contributed by atoms with Gasteiger partial charge in [0, 0.05) is 38.0 Å². The molecular weight excluding hydrogens is 428 g/mol. The Morgan fingerprint density at radius 3 is 2.50 bits per heavy atom. The molecule has 0 spiro atoms. The van der Waals surface area contributed by atoms with E-state index >= 15 is 0 Å². The number of sulfonamides is 1. The molecule has 2 aromatic carbocycles. The summed E-state index contributed by atoms with van der Waals surface area (Å²) in [4.78, 5) is 15.2. The molecule has 8 nitrogen and oxygen atoms in total. The lowest BCUT2D eigenvalue weighted by molar-refractivity contribution is -0.135. The molecule has 5 rings (SSSR count). The van der Waals surface area contributed by atoms with Gasteiger partial charge in [0.25, 0.3) is 0 Å². The number of carbonyl (C=O) groups excluding carboxylic acids is 1. The standard InChI is InChI=1S/C23H26N4O4S/c1-16-5-7-17(8-6-16)19-9-12-26(15-19)23(28)18-10-13-27(14-11-18)32(29,30)21-4-2-3-20-22(21)25-31-24-20/h2-8,18-19H,9-15H2,1H3/t19-/m1/s1. The SMILES string of the molecule is Cc1ccc([C@@H]2CCN(C(=O)C3CCN(S(=O)(=O)c4cccc5nonc45)CC3)C2)cc1. The number of nitrogens with zero attached hydrogens (tertiary/aromatic N) is 4. The summed E-state index contributed by atoms with van der Waals surface area (Å²) < 4.78 is 32.5. The molecule has 2 fully saturated rings. The number of aromatic nitrogens is 2. The molecule has 1 atom stereocenters. The van der Waals surface area contributed by atoms with Crippen molar-refractivity contribution in [2.24, 2.45) is 5.92 Å². The number of amides is 1. The molecule has 0 unspecified atom stereocenters. The Balaban J connectivity index is 1.22. The van der Waals surface area contributed by atoms with Crippen LogP contribution in [-0.4, -0.2) is 60.0 Å². The molecule has 0 N–H and O–H groups in total. The summed E-state index contributed by atoms with van der Waals surface area (Å²) in [6.07, 6.45) is 2.02. The first-order valence-corrected chi connectivity index (χ1v) is 12.4. The lowest BCUT2D eigenvalue weighted by Gasteiger charge is -2.32. The van der Waals surface area contributed by atoms with Gasteiger partial charge in [-0.05, 0) is 54.2 Å². The van der Waals surface area contributed by atoms with E-state index in [9.17, 15) is 13.2 Å². The second-order valence-electron chi connectivity index (χ2n) is 8.75. The van der Waals surface area contributed by atoms with Crippen LogP contribution in [0.1, 0.15) is 36.3 Å². The highest BCUT2D eigenvalue weighted by Gasteiger charge is 2.37. The van der Waals surface area contributed by atoms with Crippen molar-refractivity contribution in [3.05, 3.63) is 53.6 Å². The fourth-order valence-corrected chi connectivity index (χ4v) is 6.41. The minimum Gasteiger partial charge on any atom is -0.342 e. The fourth-order valence-electron chi connectivity index (χ4n) is 4.80. The number of aryl methyl sites for hydroxylation is 1. The van der Waals surface area contributed by atoms with Gasteiger partial charge in [-0.25, -0.2) is 13.0 Å². The number of hydrogen-bond donors (Lipinski definition) is 0. The van der Waals surface area contributed by atoms with Gasteiger partial charge in [-0.2, -0.15) is 4.31 Å². The summed E-state index contributed by atoms with van der Waals surface area (Å²) in [5.74, 6) is 0.388. The third-order valence-corrected chi connectivity index (χ3v) is 8.65. The monoisotopic (exact) mass is 454 g/mol. The summed E-state index contributed by atoms with van der Waals surface area (Å²) in [5, 5.41) is 7.49. The quantitative estimate of drug-likeness (QED) is 0.601. The summed E-state index contributed by atoms with van der Waals surface area (Å²) in [6.45, 7) is 4.20. The smallest absolute Gasteiger partial charge is 0.245 e. The molecule has 0 saturated carbocycles. The number of rotatable bonds is 4. The summed E-state index contributed by atoms with van der Waals surface area (Å²) in [6, 6.07) is 13.4. The van der Waals surface area contributed by atoms with Gasteiger partial charge >= 0.3 is 0 Å². The second-order valence-corrected chi connectivity index (χ2v) is 10.7. The largest absolute Gasteiger partial charge is 0.342 e. The molecule has 0 radical (unpaired) electrons. The topological polar surface area (TPSA) is 96.6 Å². The molecule has 2 aliphatic rings. The molecule has 1 aromatic heterocycles. The molecule has 2 saturated heterocycles. The first kappa shape index (κ1) is 21.1. The van der Waals surface area contributed by atoms with Crippen LogP contribution in [-0.2, 0) is 14.8 Å². The van der Waals surface area contributed by atoms with Crippen LogP contribution in [0.15, 0.2) is 52.0 Å². The number of fused-ring (bicyclic) bond motifs is 1.